The van der Waals surface area contributed by atoms with Crippen molar-refractivity contribution in [1.82, 2.24) is 9.38 Å². The Kier molecular flexibility index (Phi) is 4.52. The number of amides is 2. The van der Waals surface area contributed by atoms with Crippen molar-refractivity contribution < 1.29 is 4.79 Å². The smallest absolute Gasteiger partial charge is 0.323 e. The van der Waals surface area contributed by atoms with Crippen LogP contribution in [0.5, 0.6) is 0 Å². The van der Waals surface area contributed by atoms with Crippen LogP contribution in [-0.2, 0) is 0 Å². The minimum Gasteiger partial charge on any atom is -0.382 e. The normalized spacial score (nSPS) is 10.7. The molecule has 0 aliphatic heterocycles. The Balaban J connectivity index is 1.52. The van der Waals surface area contributed by atoms with Crippen molar-refractivity contribution in [1.29, 1.82) is 0 Å². The van der Waals surface area contributed by atoms with Gasteiger partial charge in [0.2, 0.25) is 0 Å². The van der Waals surface area contributed by atoms with E-state index in [1.165, 1.54) is 0 Å². The summed E-state index contributed by atoms with van der Waals surface area (Å²) in [6.07, 6.45) is 3.60. The molecule has 2 aromatic heterocycles. The van der Waals surface area contributed by atoms with Gasteiger partial charge in [0, 0.05) is 27.6 Å². The average molecular weight is 422 g/mol. The third kappa shape index (κ3) is 3.63. The molecule has 0 aliphatic carbocycles. The maximum Gasteiger partial charge on any atom is 0.323 e. The molecule has 4 N–H and O–H groups in total. The van der Waals surface area contributed by atoms with E-state index in [1.54, 1.807) is 6.33 Å². The van der Waals surface area contributed by atoms with Crippen LogP contribution in [0.25, 0.3) is 16.6 Å². The number of halogens is 1. The third-order valence-corrected chi connectivity index (χ3v) is 4.62. The number of nitrogen functional groups attached to an aromatic ring is 1. The van der Waals surface area contributed by atoms with Gasteiger partial charge in [0.25, 0.3) is 0 Å². The fourth-order valence-corrected chi connectivity index (χ4v) is 3.30. The summed E-state index contributed by atoms with van der Waals surface area (Å²) >= 11 is 3.38. The number of anilines is 3. The molecule has 0 saturated heterocycles. The quantitative estimate of drug-likeness (QED) is 0.435. The number of urea groups is 1. The molecule has 0 atom stereocenters. The van der Waals surface area contributed by atoms with Crippen molar-refractivity contribution in [3.8, 4) is 11.1 Å². The van der Waals surface area contributed by atoms with E-state index in [2.05, 4.69) is 31.5 Å². The number of nitrogens with one attached hydrogen (secondary N) is 2. The zero-order chi connectivity index (χ0) is 18.8. The molecule has 0 aliphatic rings. The summed E-state index contributed by atoms with van der Waals surface area (Å²) in [6, 6.07) is 18.6. The van der Waals surface area contributed by atoms with Gasteiger partial charge < -0.3 is 20.8 Å². The second-order valence-corrected chi connectivity index (χ2v) is 6.89. The second kappa shape index (κ2) is 7.13. The van der Waals surface area contributed by atoms with Crippen LogP contribution in [0.4, 0.5) is 22.0 Å². The van der Waals surface area contributed by atoms with E-state index in [-0.39, 0.29) is 6.03 Å². The fourth-order valence-electron chi connectivity index (χ4n) is 2.90. The van der Waals surface area contributed by atoms with Gasteiger partial charge in [0.05, 0.1) is 5.52 Å². The molecule has 0 spiro atoms. The van der Waals surface area contributed by atoms with Gasteiger partial charge in [-0.05, 0) is 42.0 Å². The molecule has 2 heterocycles. The molecular weight excluding hydrogens is 406 g/mol. The Morgan fingerprint density at radius 3 is 2.56 bits per heavy atom. The van der Waals surface area contributed by atoms with Crippen LogP contribution in [-0.4, -0.2) is 15.4 Å². The number of nitrogens with zero attached hydrogens (tertiary/aromatic N) is 2. The summed E-state index contributed by atoms with van der Waals surface area (Å²) in [7, 11) is 0. The van der Waals surface area contributed by atoms with Gasteiger partial charge in [-0.2, -0.15) is 0 Å². The van der Waals surface area contributed by atoms with Crippen LogP contribution in [0.1, 0.15) is 0 Å². The number of benzene rings is 2. The molecule has 0 fully saturated rings. The number of hydrogen-bond donors (Lipinski definition) is 3. The van der Waals surface area contributed by atoms with E-state index in [0.717, 1.165) is 21.1 Å². The lowest BCUT2D eigenvalue weighted by atomic mass is 10.1. The van der Waals surface area contributed by atoms with Crippen LogP contribution in [0.2, 0.25) is 0 Å². The number of pyridine rings is 1. The predicted octanol–water partition coefficient (Wildman–Crippen LogP) is 4.99. The third-order valence-electron chi connectivity index (χ3n) is 4.12. The minimum atomic E-state index is -0.303. The van der Waals surface area contributed by atoms with E-state index < -0.39 is 0 Å². The van der Waals surface area contributed by atoms with Crippen LogP contribution < -0.4 is 16.4 Å². The van der Waals surface area contributed by atoms with Gasteiger partial charge >= 0.3 is 6.03 Å². The molecule has 6 nitrogen and oxygen atoms in total. The van der Waals surface area contributed by atoms with Gasteiger partial charge in [-0.3, -0.25) is 0 Å². The first-order chi connectivity index (χ1) is 13.1. The number of nitrogens with two attached hydrogens (primary N) is 1. The van der Waals surface area contributed by atoms with E-state index >= 15 is 0 Å². The van der Waals surface area contributed by atoms with Gasteiger partial charge in [-0.25, -0.2) is 9.78 Å². The largest absolute Gasteiger partial charge is 0.382 e. The number of rotatable bonds is 3. The first-order valence-electron chi connectivity index (χ1n) is 8.25. The maximum atomic E-state index is 12.2. The Morgan fingerprint density at radius 2 is 1.78 bits per heavy atom. The number of aromatic nitrogens is 2. The zero-order valence-corrected chi connectivity index (χ0v) is 15.8. The van der Waals surface area contributed by atoms with Crippen LogP contribution in [0.3, 0.4) is 0 Å². The molecule has 134 valence electrons. The maximum absolute atomic E-state index is 12.2. The molecule has 2 aromatic carbocycles. The molecule has 4 aromatic rings. The molecule has 0 radical (unpaired) electrons. The lowest BCUT2D eigenvalue weighted by Gasteiger charge is -2.10. The number of imidazole rings is 1. The number of hydrogen-bond acceptors (Lipinski definition) is 3. The monoisotopic (exact) mass is 421 g/mol. The lowest BCUT2D eigenvalue weighted by Crippen LogP contribution is -2.19. The van der Waals surface area contributed by atoms with Crippen molar-refractivity contribution in [3.63, 3.8) is 0 Å². The highest BCUT2D eigenvalue weighted by Gasteiger charge is 2.09. The van der Waals surface area contributed by atoms with Gasteiger partial charge in [-0.1, -0.05) is 40.2 Å². The van der Waals surface area contributed by atoms with E-state index in [9.17, 15) is 4.79 Å². The number of fused-ring (bicyclic) bond motifs is 1. The SMILES string of the molecule is Nc1ncn2cccc(-c3ccc(NC(=O)Nc4cccc(Br)c4)cc3)c12. The summed E-state index contributed by atoms with van der Waals surface area (Å²) in [5.74, 6) is 0.487. The molecular formula is C20H16BrN5O. The van der Waals surface area contributed by atoms with Crippen molar-refractivity contribution in [2.45, 2.75) is 0 Å². The van der Waals surface area contributed by atoms with Crippen molar-refractivity contribution in [3.05, 3.63) is 77.7 Å². The first-order valence-corrected chi connectivity index (χ1v) is 9.04. The Hall–Kier alpha value is -3.32. The summed E-state index contributed by atoms with van der Waals surface area (Å²) in [6.45, 7) is 0. The van der Waals surface area contributed by atoms with E-state index in [1.807, 2.05) is 71.3 Å². The second-order valence-electron chi connectivity index (χ2n) is 5.97. The molecule has 2 amide bonds. The van der Waals surface area contributed by atoms with Gasteiger partial charge in [0.15, 0.2) is 0 Å². The Bertz CT molecular complexity index is 1120. The molecule has 27 heavy (non-hydrogen) atoms. The number of carbonyl (C=O) groups is 1. The van der Waals surface area contributed by atoms with Crippen molar-refractivity contribution in [2.75, 3.05) is 16.4 Å². The standard InChI is InChI=1S/C20H16BrN5O/c21-14-3-1-4-16(11-14)25-20(27)24-15-8-6-13(7-9-15)17-5-2-10-26-12-23-19(22)18(17)26/h1-12H,22H2,(H2,24,25,27). The topological polar surface area (TPSA) is 84.4 Å². The van der Waals surface area contributed by atoms with Crippen LogP contribution in [0.15, 0.2) is 77.7 Å². The van der Waals surface area contributed by atoms with E-state index in [0.29, 0.717) is 17.2 Å². The molecule has 0 bridgehead atoms. The van der Waals surface area contributed by atoms with E-state index in [4.69, 9.17) is 5.73 Å². The van der Waals surface area contributed by atoms with Crippen molar-refractivity contribution in [2.24, 2.45) is 0 Å². The van der Waals surface area contributed by atoms with Crippen molar-refractivity contribution >= 4 is 44.7 Å². The first kappa shape index (κ1) is 17.1. The highest BCUT2D eigenvalue weighted by Crippen LogP contribution is 2.28. The summed E-state index contributed by atoms with van der Waals surface area (Å²) in [5, 5.41) is 5.62. The highest BCUT2D eigenvalue weighted by molar-refractivity contribution is 9.10. The Morgan fingerprint density at radius 1 is 1.00 bits per heavy atom. The summed E-state index contributed by atoms with van der Waals surface area (Å²) < 4.78 is 2.79. The number of carbonyl (C=O) groups excluding carboxylic acids is 1. The molecule has 7 heteroatoms. The summed E-state index contributed by atoms with van der Waals surface area (Å²) in [4.78, 5) is 16.3. The molecule has 0 unspecified atom stereocenters. The Labute approximate surface area is 164 Å². The molecule has 0 saturated carbocycles. The minimum absolute atomic E-state index is 0.303. The predicted molar refractivity (Wildman–Crippen MR) is 112 cm³/mol. The van der Waals surface area contributed by atoms with Gasteiger partial charge in [-0.15, -0.1) is 0 Å². The zero-order valence-electron chi connectivity index (χ0n) is 14.2. The van der Waals surface area contributed by atoms with Crippen LogP contribution in [0, 0.1) is 0 Å². The lowest BCUT2D eigenvalue weighted by molar-refractivity contribution is 0.262. The highest BCUT2D eigenvalue weighted by atomic mass is 79.9. The summed E-state index contributed by atoms with van der Waals surface area (Å²) in [5.41, 5.74) is 10.2. The van der Waals surface area contributed by atoms with Gasteiger partial charge in [0.1, 0.15) is 12.1 Å². The fraction of sp³-hybridized carbons (Fsp3) is 0. The van der Waals surface area contributed by atoms with Crippen LogP contribution >= 0.6 is 15.9 Å². The molecule has 4 rings (SSSR count). The average Bonchev–Trinajstić information content (AvgIpc) is 3.04.